The zero-order valence-corrected chi connectivity index (χ0v) is 13.9. The monoisotopic (exact) mass is 307 g/mol. The Hall–Kier alpha value is -1.33. The minimum absolute atomic E-state index is 0.0541. The highest BCUT2D eigenvalue weighted by Crippen LogP contribution is 2.35. The van der Waals surface area contributed by atoms with Gasteiger partial charge < -0.3 is 5.32 Å². The number of pyridine rings is 1. The normalized spacial score (nSPS) is 11.9. The molecule has 0 atom stereocenters. The van der Waals surface area contributed by atoms with Crippen LogP contribution in [0.4, 0.5) is 4.39 Å². The van der Waals surface area contributed by atoms with Crippen molar-refractivity contribution in [2.45, 2.75) is 46.1 Å². The molecule has 1 N–H and O–H groups in total. The Bertz CT molecular complexity index is 602. The highest BCUT2D eigenvalue weighted by Gasteiger charge is 2.24. The van der Waals surface area contributed by atoms with E-state index in [2.05, 4.69) is 38.0 Å². The first kappa shape index (κ1) is 16.0. The first-order valence-corrected chi connectivity index (χ1v) is 8.06. The van der Waals surface area contributed by atoms with Crippen LogP contribution in [0.1, 0.15) is 44.7 Å². The Kier molecular flexibility index (Phi) is 5.06. The molecule has 21 heavy (non-hydrogen) atoms. The Morgan fingerprint density at radius 2 is 2.10 bits per heavy atom. The fourth-order valence-electron chi connectivity index (χ4n) is 2.10. The number of hydrogen-bond acceptors (Lipinski definition) is 4. The summed E-state index contributed by atoms with van der Waals surface area (Å²) in [6.07, 6.45) is 3.93. The average molecular weight is 307 g/mol. The molecule has 2 heterocycles. The standard InChI is InChI=1S/C16H22FN3S/c1-5-7-18-10-13-14(16(2,3)4)20-15(21-13)11-6-8-19-9-12(11)17/h6,8-9,18H,5,7,10H2,1-4H3. The lowest BCUT2D eigenvalue weighted by Crippen LogP contribution is -2.19. The van der Waals surface area contributed by atoms with Gasteiger partial charge >= 0.3 is 0 Å². The molecule has 3 nitrogen and oxygen atoms in total. The maximum Gasteiger partial charge on any atom is 0.151 e. The number of hydrogen-bond donors (Lipinski definition) is 1. The molecule has 0 aliphatic rings. The van der Waals surface area contributed by atoms with Crippen molar-refractivity contribution in [2.24, 2.45) is 0 Å². The summed E-state index contributed by atoms with van der Waals surface area (Å²) >= 11 is 1.56. The summed E-state index contributed by atoms with van der Waals surface area (Å²) in [5.41, 5.74) is 1.52. The van der Waals surface area contributed by atoms with E-state index in [4.69, 9.17) is 4.98 Å². The maximum absolute atomic E-state index is 13.9. The molecule has 0 amide bonds. The van der Waals surface area contributed by atoms with Gasteiger partial charge in [-0.15, -0.1) is 11.3 Å². The fraction of sp³-hybridized carbons (Fsp3) is 0.500. The van der Waals surface area contributed by atoms with Gasteiger partial charge in [0.15, 0.2) is 5.82 Å². The van der Waals surface area contributed by atoms with Crippen molar-refractivity contribution in [3.05, 3.63) is 34.8 Å². The minimum atomic E-state index is -0.320. The summed E-state index contributed by atoms with van der Waals surface area (Å²) in [6, 6.07) is 1.68. The van der Waals surface area contributed by atoms with Crippen molar-refractivity contribution in [1.82, 2.24) is 15.3 Å². The first-order valence-electron chi connectivity index (χ1n) is 7.24. The van der Waals surface area contributed by atoms with Gasteiger partial charge in [0.05, 0.1) is 11.9 Å². The summed E-state index contributed by atoms with van der Waals surface area (Å²) in [4.78, 5) is 9.68. The van der Waals surface area contributed by atoms with Crippen LogP contribution in [0.3, 0.4) is 0 Å². The van der Waals surface area contributed by atoms with E-state index in [0.29, 0.717) is 5.56 Å². The van der Waals surface area contributed by atoms with Crippen molar-refractivity contribution in [1.29, 1.82) is 0 Å². The maximum atomic E-state index is 13.9. The van der Waals surface area contributed by atoms with Gasteiger partial charge in [-0.25, -0.2) is 9.37 Å². The highest BCUT2D eigenvalue weighted by atomic mass is 32.1. The second kappa shape index (κ2) is 6.62. The average Bonchev–Trinajstić information content (AvgIpc) is 2.83. The van der Waals surface area contributed by atoms with Gasteiger partial charge in [-0.05, 0) is 19.0 Å². The number of rotatable bonds is 5. The van der Waals surface area contributed by atoms with Crippen LogP contribution in [-0.4, -0.2) is 16.5 Å². The van der Waals surface area contributed by atoms with Crippen molar-refractivity contribution in [2.75, 3.05) is 6.54 Å². The zero-order chi connectivity index (χ0) is 15.5. The minimum Gasteiger partial charge on any atom is -0.312 e. The predicted molar refractivity (Wildman–Crippen MR) is 86.0 cm³/mol. The van der Waals surface area contributed by atoms with Crippen molar-refractivity contribution in [3.8, 4) is 10.6 Å². The van der Waals surface area contributed by atoms with E-state index in [1.807, 2.05) is 0 Å². The van der Waals surface area contributed by atoms with E-state index in [0.717, 1.165) is 30.2 Å². The molecule has 0 unspecified atom stereocenters. The van der Waals surface area contributed by atoms with Gasteiger partial charge in [-0.1, -0.05) is 27.7 Å². The molecule has 2 aromatic rings. The third-order valence-corrected chi connectivity index (χ3v) is 4.21. The second-order valence-corrected chi connectivity index (χ2v) is 7.16. The molecule has 0 saturated heterocycles. The van der Waals surface area contributed by atoms with E-state index in [-0.39, 0.29) is 11.2 Å². The third kappa shape index (κ3) is 3.86. The van der Waals surface area contributed by atoms with E-state index in [1.54, 1.807) is 23.6 Å². The Balaban J connectivity index is 2.38. The molecule has 2 rings (SSSR count). The van der Waals surface area contributed by atoms with Crippen LogP contribution in [0.2, 0.25) is 0 Å². The molecule has 0 saturated carbocycles. The number of thiazole rings is 1. The van der Waals surface area contributed by atoms with Gasteiger partial charge in [0.2, 0.25) is 0 Å². The molecule has 0 spiro atoms. The topological polar surface area (TPSA) is 37.8 Å². The highest BCUT2D eigenvalue weighted by molar-refractivity contribution is 7.15. The van der Waals surface area contributed by atoms with E-state index in [1.165, 1.54) is 11.1 Å². The van der Waals surface area contributed by atoms with Crippen molar-refractivity contribution < 1.29 is 4.39 Å². The molecule has 0 aliphatic carbocycles. The van der Waals surface area contributed by atoms with Crippen LogP contribution in [-0.2, 0) is 12.0 Å². The number of nitrogens with one attached hydrogen (secondary N) is 1. The lowest BCUT2D eigenvalue weighted by molar-refractivity contribution is 0.559. The lowest BCUT2D eigenvalue weighted by Gasteiger charge is -2.17. The molecule has 2 aromatic heterocycles. The molecule has 0 aromatic carbocycles. The van der Waals surface area contributed by atoms with Gasteiger partial charge in [-0.3, -0.25) is 4.98 Å². The second-order valence-electron chi connectivity index (χ2n) is 6.07. The summed E-state index contributed by atoms with van der Waals surface area (Å²) in [6.45, 7) is 10.3. The van der Waals surface area contributed by atoms with Crippen LogP contribution in [0.25, 0.3) is 10.6 Å². The summed E-state index contributed by atoms with van der Waals surface area (Å²) in [5.74, 6) is -0.320. The predicted octanol–water partition coefficient (Wildman–Crippen LogP) is 4.14. The van der Waals surface area contributed by atoms with Gasteiger partial charge in [0.1, 0.15) is 5.01 Å². The number of halogens is 1. The molecular formula is C16H22FN3S. The Labute approximate surface area is 129 Å². The largest absolute Gasteiger partial charge is 0.312 e. The SMILES string of the molecule is CCCNCc1sc(-c2ccncc2F)nc1C(C)(C)C. The van der Waals surface area contributed by atoms with Gasteiger partial charge in [0, 0.05) is 28.6 Å². The fourth-order valence-corrected chi connectivity index (χ4v) is 3.37. The van der Waals surface area contributed by atoms with Crippen LogP contribution in [0.5, 0.6) is 0 Å². The summed E-state index contributed by atoms with van der Waals surface area (Å²) < 4.78 is 13.9. The van der Waals surface area contributed by atoms with Crippen LogP contribution < -0.4 is 5.32 Å². The summed E-state index contributed by atoms with van der Waals surface area (Å²) in [7, 11) is 0. The Morgan fingerprint density at radius 3 is 2.71 bits per heavy atom. The molecule has 5 heteroatoms. The molecule has 0 aliphatic heterocycles. The molecule has 0 bridgehead atoms. The van der Waals surface area contributed by atoms with Crippen LogP contribution in [0.15, 0.2) is 18.5 Å². The molecule has 0 fully saturated rings. The summed E-state index contributed by atoms with van der Waals surface area (Å²) in [5, 5.41) is 4.14. The number of nitrogens with zero attached hydrogens (tertiary/aromatic N) is 2. The lowest BCUT2D eigenvalue weighted by atomic mass is 9.91. The van der Waals surface area contributed by atoms with E-state index in [9.17, 15) is 4.39 Å². The molecule has 114 valence electrons. The van der Waals surface area contributed by atoms with E-state index < -0.39 is 0 Å². The van der Waals surface area contributed by atoms with Crippen LogP contribution in [0, 0.1) is 5.82 Å². The van der Waals surface area contributed by atoms with E-state index >= 15 is 0 Å². The van der Waals surface area contributed by atoms with Gasteiger partial charge in [0.25, 0.3) is 0 Å². The van der Waals surface area contributed by atoms with Crippen molar-refractivity contribution >= 4 is 11.3 Å². The Morgan fingerprint density at radius 1 is 1.33 bits per heavy atom. The first-order chi connectivity index (χ1) is 9.93. The smallest absolute Gasteiger partial charge is 0.151 e. The van der Waals surface area contributed by atoms with Crippen molar-refractivity contribution in [3.63, 3.8) is 0 Å². The molecular weight excluding hydrogens is 285 g/mol. The molecule has 0 radical (unpaired) electrons. The zero-order valence-electron chi connectivity index (χ0n) is 13.0. The third-order valence-electron chi connectivity index (χ3n) is 3.12. The van der Waals surface area contributed by atoms with Crippen LogP contribution >= 0.6 is 11.3 Å². The number of aromatic nitrogens is 2. The quantitative estimate of drug-likeness (QED) is 0.844. The van der Waals surface area contributed by atoms with Gasteiger partial charge in [-0.2, -0.15) is 0 Å².